The van der Waals surface area contributed by atoms with Crippen molar-refractivity contribution >= 4 is 24.2 Å². The van der Waals surface area contributed by atoms with E-state index >= 15 is 0 Å². The molecule has 1 aromatic carbocycles. The number of aromatic nitrogens is 3. The largest absolute Gasteiger partial charge is 0.443 e. The Morgan fingerprint density at radius 2 is 2.18 bits per heavy atom. The number of hydrogen-bond donors (Lipinski definition) is 2. The van der Waals surface area contributed by atoms with Gasteiger partial charge in [0.05, 0.1) is 18.4 Å². The third kappa shape index (κ3) is 2.94. The molecule has 0 radical (unpaired) electrons. The van der Waals surface area contributed by atoms with Crippen LogP contribution >= 0.6 is 12.4 Å². The van der Waals surface area contributed by atoms with E-state index < -0.39 is 0 Å². The number of nitrogens with one attached hydrogen (secondary N) is 1. The van der Waals surface area contributed by atoms with Crippen LogP contribution in [0.1, 0.15) is 17.5 Å². The molecule has 3 N–H and O–H groups in total. The Labute approximate surface area is 167 Å². The lowest BCUT2D eigenvalue weighted by molar-refractivity contribution is 0.145. The Morgan fingerprint density at radius 3 is 2.93 bits per heavy atom. The number of anilines is 1. The van der Waals surface area contributed by atoms with Crippen molar-refractivity contribution in [3.05, 3.63) is 41.6 Å². The maximum atomic E-state index is 12.1. The highest BCUT2D eigenvalue weighted by Gasteiger charge is 2.32. The molecule has 8 nitrogen and oxygen atoms in total. The molecule has 1 atom stereocenters. The summed E-state index contributed by atoms with van der Waals surface area (Å²) in [6.07, 6.45) is 3.84. The predicted octanol–water partition coefficient (Wildman–Crippen LogP) is 2.93. The number of nitrogens with two attached hydrogens (primary N) is 1. The number of hydrogen-bond acceptors (Lipinski definition) is 6. The van der Waals surface area contributed by atoms with Crippen molar-refractivity contribution < 1.29 is 14.1 Å². The van der Waals surface area contributed by atoms with Crippen molar-refractivity contribution in [3.8, 4) is 22.7 Å². The number of carbonyl (C=O) groups is 1. The van der Waals surface area contributed by atoms with Gasteiger partial charge in [0.2, 0.25) is 0 Å². The summed E-state index contributed by atoms with van der Waals surface area (Å²) < 4.78 is 10.6. The Hall–Kier alpha value is -2.84. The molecule has 3 heterocycles. The van der Waals surface area contributed by atoms with E-state index in [-0.39, 0.29) is 24.6 Å². The number of cyclic esters (lactones) is 1. The monoisotopic (exact) mass is 401 g/mol. The van der Waals surface area contributed by atoms with E-state index in [0.29, 0.717) is 18.8 Å². The van der Waals surface area contributed by atoms with Gasteiger partial charge in [-0.25, -0.2) is 4.79 Å². The zero-order valence-corrected chi connectivity index (χ0v) is 15.9. The third-order valence-corrected chi connectivity index (χ3v) is 5.22. The Morgan fingerprint density at radius 1 is 1.29 bits per heavy atom. The van der Waals surface area contributed by atoms with E-state index in [1.165, 1.54) is 5.56 Å². The van der Waals surface area contributed by atoms with Gasteiger partial charge in [0.25, 0.3) is 0 Å². The van der Waals surface area contributed by atoms with E-state index in [9.17, 15) is 4.79 Å². The summed E-state index contributed by atoms with van der Waals surface area (Å²) in [7, 11) is 0. The van der Waals surface area contributed by atoms with Gasteiger partial charge in [-0.1, -0.05) is 11.2 Å². The number of rotatable bonds is 3. The summed E-state index contributed by atoms with van der Waals surface area (Å²) in [6, 6.07) is 7.88. The number of benzene rings is 1. The first-order valence-corrected chi connectivity index (χ1v) is 9.04. The molecule has 146 valence electrons. The quantitative estimate of drug-likeness (QED) is 0.698. The molecule has 0 spiro atoms. The molecule has 1 aliphatic carbocycles. The molecule has 28 heavy (non-hydrogen) atoms. The van der Waals surface area contributed by atoms with Crippen molar-refractivity contribution in [2.45, 2.75) is 25.4 Å². The molecule has 3 aromatic rings. The number of aryl methyl sites for hydroxylation is 1. The minimum absolute atomic E-state index is 0. The van der Waals surface area contributed by atoms with E-state index in [0.717, 1.165) is 47.5 Å². The molecule has 1 saturated heterocycles. The highest BCUT2D eigenvalue weighted by molar-refractivity contribution is 5.90. The predicted molar refractivity (Wildman–Crippen MR) is 105 cm³/mol. The highest BCUT2D eigenvalue weighted by Crippen LogP contribution is 2.38. The summed E-state index contributed by atoms with van der Waals surface area (Å²) in [5.74, 6) is 0.667. The van der Waals surface area contributed by atoms with Gasteiger partial charge in [0.15, 0.2) is 5.76 Å². The summed E-state index contributed by atoms with van der Waals surface area (Å²) in [4.78, 5) is 13.8. The van der Waals surface area contributed by atoms with Crippen molar-refractivity contribution in [1.29, 1.82) is 0 Å². The number of H-pyrrole nitrogens is 1. The van der Waals surface area contributed by atoms with Crippen molar-refractivity contribution in [3.63, 3.8) is 0 Å². The van der Waals surface area contributed by atoms with Gasteiger partial charge in [-0.2, -0.15) is 5.10 Å². The molecule has 1 amide bonds. The summed E-state index contributed by atoms with van der Waals surface area (Å²) in [5, 5.41) is 11.4. The van der Waals surface area contributed by atoms with Crippen LogP contribution in [0, 0.1) is 0 Å². The SMILES string of the molecule is Cl.NC[C@H]1CN(c2ccc3c(c2)CCCc2c(-c4ccno4)n[nH]c2-3)C(=O)O1. The molecule has 5 rings (SSSR count). The standard InChI is InChI=1S/C19H19N5O3.ClH/c20-9-13-10-24(19(25)26-13)12-4-5-14-11(8-12)2-1-3-15-17(14)22-23-18(15)16-6-7-21-27-16;/h4-8,13H,1-3,9-10,20H2,(H,22,23);1H/t13-;/m0./s1. The minimum atomic E-state index is -0.339. The van der Waals surface area contributed by atoms with Gasteiger partial charge in [0.1, 0.15) is 11.8 Å². The van der Waals surface area contributed by atoms with Crippen LogP contribution in [-0.2, 0) is 17.6 Å². The van der Waals surface area contributed by atoms with Crippen LogP contribution in [0.4, 0.5) is 10.5 Å². The normalized spacial score (nSPS) is 18.1. The van der Waals surface area contributed by atoms with Gasteiger partial charge in [-0.05, 0) is 37.0 Å². The number of aromatic amines is 1. The molecular weight excluding hydrogens is 382 g/mol. The van der Waals surface area contributed by atoms with E-state index in [4.69, 9.17) is 15.0 Å². The Bertz CT molecular complexity index is 1000. The topological polar surface area (TPSA) is 110 Å². The lowest BCUT2D eigenvalue weighted by Gasteiger charge is -2.16. The number of nitrogens with zero attached hydrogens (tertiary/aromatic N) is 3. The zero-order valence-electron chi connectivity index (χ0n) is 15.1. The van der Waals surface area contributed by atoms with Crippen LogP contribution in [0.5, 0.6) is 0 Å². The smallest absolute Gasteiger partial charge is 0.414 e. The average Bonchev–Trinajstić information content (AvgIpc) is 3.39. The molecule has 0 saturated carbocycles. The molecule has 2 aliphatic rings. The third-order valence-electron chi connectivity index (χ3n) is 5.22. The second-order valence-electron chi connectivity index (χ2n) is 6.85. The number of carbonyl (C=O) groups excluding carboxylic acids is 1. The highest BCUT2D eigenvalue weighted by atomic mass is 35.5. The maximum Gasteiger partial charge on any atom is 0.414 e. The first kappa shape index (κ1) is 18.5. The molecule has 1 aliphatic heterocycles. The van der Waals surface area contributed by atoms with Crippen LogP contribution in [0.3, 0.4) is 0 Å². The fraction of sp³-hybridized carbons (Fsp3) is 0.316. The maximum absolute atomic E-state index is 12.1. The van der Waals surface area contributed by atoms with Crippen molar-refractivity contribution in [1.82, 2.24) is 15.4 Å². The molecule has 1 fully saturated rings. The average molecular weight is 402 g/mol. The van der Waals surface area contributed by atoms with Crippen molar-refractivity contribution in [2.24, 2.45) is 5.73 Å². The van der Waals surface area contributed by atoms with Gasteiger partial charge in [-0.3, -0.25) is 10.00 Å². The molecule has 0 bridgehead atoms. The fourth-order valence-corrected chi connectivity index (χ4v) is 3.88. The lowest BCUT2D eigenvalue weighted by Crippen LogP contribution is -2.27. The van der Waals surface area contributed by atoms with Crippen LogP contribution in [0.25, 0.3) is 22.7 Å². The van der Waals surface area contributed by atoms with Crippen LogP contribution < -0.4 is 10.6 Å². The first-order chi connectivity index (χ1) is 13.2. The van der Waals surface area contributed by atoms with E-state index in [1.807, 2.05) is 18.2 Å². The van der Waals surface area contributed by atoms with Gasteiger partial charge in [0, 0.05) is 29.4 Å². The summed E-state index contributed by atoms with van der Waals surface area (Å²) >= 11 is 0. The molecular formula is C19H20ClN5O3. The summed E-state index contributed by atoms with van der Waals surface area (Å²) in [5.41, 5.74) is 11.7. The van der Waals surface area contributed by atoms with Crippen LogP contribution in [0.2, 0.25) is 0 Å². The number of halogens is 1. The first-order valence-electron chi connectivity index (χ1n) is 9.04. The zero-order chi connectivity index (χ0) is 18.4. The van der Waals surface area contributed by atoms with E-state index in [2.05, 4.69) is 21.4 Å². The van der Waals surface area contributed by atoms with Gasteiger partial charge in [-0.15, -0.1) is 12.4 Å². The Kier molecular flexibility index (Phi) is 4.82. The second-order valence-corrected chi connectivity index (χ2v) is 6.85. The molecule has 9 heteroatoms. The van der Waals surface area contributed by atoms with Crippen molar-refractivity contribution in [2.75, 3.05) is 18.0 Å². The summed E-state index contributed by atoms with van der Waals surface area (Å²) in [6.45, 7) is 0.814. The Balaban J connectivity index is 0.00000192. The van der Waals surface area contributed by atoms with E-state index in [1.54, 1.807) is 11.1 Å². The fourth-order valence-electron chi connectivity index (χ4n) is 3.88. The second kappa shape index (κ2) is 7.29. The van der Waals surface area contributed by atoms with Crippen LogP contribution in [0.15, 0.2) is 35.0 Å². The number of ether oxygens (including phenoxy) is 1. The molecule has 0 unspecified atom stereocenters. The minimum Gasteiger partial charge on any atom is -0.443 e. The molecule has 2 aromatic heterocycles. The van der Waals surface area contributed by atoms with Gasteiger partial charge < -0.3 is 15.0 Å². The lowest BCUT2D eigenvalue weighted by atomic mass is 10.0. The number of amides is 1. The van der Waals surface area contributed by atoms with Crippen LogP contribution in [-0.4, -0.2) is 40.6 Å². The number of fused-ring (bicyclic) bond motifs is 3. The van der Waals surface area contributed by atoms with Gasteiger partial charge >= 0.3 is 6.09 Å².